The van der Waals surface area contributed by atoms with Gasteiger partial charge in [-0.15, -0.1) is 0 Å². The van der Waals surface area contributed by atoms with Gasteiger partial charge < -0.3 is 20.5 Å². The molecule has 0 radical (unpaired) electrons. The molecule has 1 heterocycles. The van der Waals surface area contributed by atoms with Crippen molar-refractivity contribution in [3.63, 3.8) is 0 Å². The third-order valence-corrected chi connectivity index (χ3v) is 4.22. The maximum Gasteiger partial charge on any atom is 0.315 e. The summed E-state index contributed by atoms with van der Waals surface area (Å²) < 4.78 is 5.25. The Bertz CT molecular complexity index is 274. The quantitative estimate of drug-likeness (QED) is 0.723. The molecule has 5 heteroatoms. The summed E-state index contributed by atoms with van der Waals surface area (Å²) in [5.41, 5.74) is 0. The van der Waals surface area contributed by atoms with Gasteiger partial charge >= 0.3 is 6.03 Å². The van der Waals surface area contributed by atoms with Crippen LogP contribution in [-0.2, 0) is 4.74 Å². The number of hydrogen-bond acceptors (Lipinski definition) is 3. The third-order valence-electron chi connectivity index (χ3n) is 4.22. The minimum Gasteiger partial charge on any atom is -0.391 e. The predicted octanol–water partition coefficient (Wildman–Crippen LogP) is 1.41. The number of hydrogen-bond donors (Lipinski definition) is 3. The summed E-state index contributed by atoms with van der Waals surface area (Å²) in [7, 11) is 0. The molecular weight excluding hydrogens is 244 g/mol. The molecule has 5 nitrogen and oxygen atoms in total. The van der Waals surface area contributed by atoms with Crippen LogP contribution in [0.1, 0.15) is 44.9 Å². The Morgan fingerprint density at radius 1 is 1.16 bits per heavy atom. The van der Waals surface area contributed by atoms with E-state index in [9.17, 15) is 9.90 Å². The highest BCUT2D eigenvalue weighted by molar-refractivity contribution is 5.74. The van der Waals surface area contributed by atoms with E-state index in [0.29, 0.717) is 12.5 Å². The molecule has 1 aliphatic carbocycles. The number of ether oxygens (including phenoxy) is 1. The number of carbonyl (C=O) groups is 1. The summed E-state index contributed by atoms with van der Waals surface area (Å²) in [5, 5.41) is 15.8. The molecule has 2 amide bonds. The van der Waals surface area contributed by atoms with Crippen LogP contribution in [0.3, 0.4) is 0 Å². The van der Waals surface area contributed by atoms with Gasteiger partial charge in [0.2, 0.25) is 0 Å². The Morgan fingerprint density at radius 3 is 2.53 bits per heavy atom. The van der Waals surface area contributed by atoms with Crippen LogP contribution in [0.15, 0.2) is 0 Å². The van der Waals surface area contributed by atoms with Crippen molar-refractivity contribution in [3.05, 3.63) is 0 Å². The van der Waals surface area contributed by atoms with Gasteiger partial charge in [-0.3, -0.25) is 0 Å². The van der Waals surface area contributed by atoms with Gasteiger partial charge in [-0.25, -0.2) is 4.79 Å². The largest absolute Gasteiger partial charge is 0.391 e. The lowest BCUT2D eigenvalue weighted by atomic mass is 9.85. The fourth-order valence-corrected chi connectivity index (χ4v) is 2.96. The molecule has 0 unspecified atom stereocenters. The zero-order chi connectivity index (χ0) is 13.5. The van der Waals surface area contributed by atoms with Crippen LogP contribution in [0, 0.1) is 5.92 Å². The Balaban J connectivity index is 1.61. The standard InChI is InChI=1S/C14H26N2O3/c17-13(11-4-2-1-3-5-11)10-15-14(18)16-12-6-8-19-9-7-12/h11-13,17H,1-10H2,(H2,15,16,18)/t13-/m1/s1. The molecule has 1 aliphatic heterocycles. The second-order valence-electron chi connectivity index (χ2n) is 5.71. The van der Waals surface area contributed by atoms with Gasteiger partial charge in [0.05, 0.1) is 6.10 Å². The Hall–Kier alpha value is -0.810. The van der Waals surface area contributed by atoms with Crippen LogP contribution in [-0.4, -0.2) is 43.0 Å². The maximum atomic E-state index is 11.7. The fourth-order valence-electron chi connectivity index (χ4n) is 2.96. The number of aliphatic hydroxyl groups is 1. The van der Waals surface area contributed by atoms with Crippen LogP contribution in [0.2, 0.25) is 0 Å². The van der Waals surface area contributed by atoms with Crippen LogP contribution in [0.25, 0.3) is 0 Å². The molecule has 1 saturated heterocycles. The summed E-state index contributed by atoms with van der Waals surface area (Å²) in [6.07, 6.45) is 7.21. The molecule has 3 N–H and O–H groups in total. The van der Waals surface area contributed by atoms with Gasteiger partial charge in [0.25, 0.3) is 0 Å². The molecule has 0 spiro atoms. The van der Waals surface area contributed by atoms with E-state index in [0.717, 1.165) is 38.9 Å². The summed E-state index contributed by atoms with van der Waals surface area (Å²) in [6, 6.07) is 0.0438. The van der Waals surface area contributed by atoms with E-state index in [1.807, 2.05) is 0 Å². The van der Waals surface area contributed by atoms with Crippen molar-refractivity contribution in [3.8, 4) is 0 Å². The maximum absolute atomic E-state index is 11.7. The number of carbonyl (C=O) groups excluding carboxylic acids is 1. The molecule has 110 valence electrons. The fraction of sp³-hybridized carbons (Fsp3) is 0.929. The monoisotopic (exact) mass is 270 g/mol. The first-order valence-corrected chi connectivity index (χ1v) is 7.56. The summed E-state index contributed by atoms with van der Waals surface area (Å²) in [4.78, 5) is 11.7. The van der Waals surface area contributed by atoms with Crippen molar-refractivity contribution in [1.82, 2.24) is 10.6 Å². The normalized spacial score (nSPS) is 23.8. The third kappa shape index (κ3) is 4.99. The first-order chi connectivity index (χ1) is 9.25. The lowest BCUT2D eigenvalue weighted by Crippen LogP contribution is -2.47. The van der Waals surface area contributed by atoms with Crippen molar-refractivity contribution < 1.29 is 14.6 Å². The summed E-state index contributed by atoms with van der Waals surface area (Å²) in [6.45, 7) is 1.80. The highest BCUT2D eigenvalue weighted by Crippen LogP contribution is 2.26. The lowest BCUT2D eigenvalue weighted by molar-refractivity contribution is 0.0770. The van der Waals surface area contributed by atoms with E-state index >= 15 is 0 Å². The highest BCUT2D eigenvalue weighted by Gasteiger charge is 2.22. The van der Waals surface area contributed by atoms with Crippen LogP contribution >= 0.6 is 0 Å². The second-order valence-corrected chi connectivity index (χ2v) is 5.71. The van der Waals surface area contributed by atoms with Gasteiger partial charge in [0.15, 0.2) is 0 Å². The van der Waals surface area contributed by atoms with Crippen molar-refractivity contribution in [1.29, 1.82) is 0 Å². The summed E-state index contributed by atoms with van der Waals surface area (Å²) in [5.74, 6) is 0.358. The van der Waals surface area contributed by atoms with Gasteiger partial charge in [-0.2, -0.15) is 0 Å². The number of rotatable bonds is 4. The van der Waals surface area contributed by atoms with Gasteiger partial charge in [0.1, 0.15) is 0 Å². The number of amides is 2. The van der Waals surface area contributed by atoms with Crippen molar-refractivity contribution in [2.45, 2.75) is 57.1 Å². The molecule has 2 fully saturated rings. The molecule has 0 aromatic heterocycles. The topological polar surface area (TPSA) is 70.6 Å². The van der Waals surface area contributed by atoms with Crippen LogP contribution in [0.4, 0.5) is 4.79 Å². The first-order valence-electron chi connectivity index (χ1n) is 7.56. The molecule has 0 aromatic carbocycles. The highest BCUT2D eigenvalue weighted by atomic mass is 16.5. The Kier molecular flexibility index (Phi) is 5.92. The average molecular weight is 270 g/mol. The smallest absolute Gasteiger partial charge is 0.315 e. The van der Waals surface area contributed by atoms with Crippen molar-refractivity contribution in [2.24, 2.45) is 5.92 Å². The zero-order valence-corrected chi connectivity index (χ0v) is 11.6. The molecular formula is C14H26N2O3. The minimum atomic E-state index is -0.402. The molecule has 0 bridgehead atoms. The van der Waals surface area contributed by atoms with E-state index in [1.54, 1.807) is 0 Å². The van der Waals surface area contributed by atoms with Gasteiger partial charge in [-0.05, 0) is 31.6 Å². The number of nitrogens with one attached hydrogen (secondary N) is 2. The number of aliphatic hydroxyl groups excluding tert-OH is 1. The van der Waals surface area contributed by atoms with Crippen LogP contribution < -0.4 is 10.6 Å². The summed E-state index contributed by atoms with van der Waals surface area (Å²) >= 11 is 0. The van der Waals surface area contributed by atoms with Crippen molar-refractivity contribution in [2.75, 3.05) is 19.8 Å². The minimum absolute atomic E-state index is 0.165. The lowest BCUT2D eigenvalue weighted by Gasteiger charge is -2.27. The second kappa shape index (κ2) is 7.70. The molecule has 2 aliphatic rings. The van der Waals surface area contributed by atoms with Gasteiger partial charge in [0, 0.05) is 25.8 Å². The van der Waals surface area contributed by atoms with E-state index in [4.69, 9.17) is 4.74 Å². The Labute approximate surface area is 115 Å². The average Bonchev–Trinajstić information content (AvgIpc) is 2.47. The molecule has 1 saturated carbocycles. The van der Waals surface area contributed by atoms with E-state index in [1.165, 1.54) is 19.3 Å². The van der Waals surface area contributed by atoms with Crippen LogP contribution in [0.5, 0.6) is 0 Å². The van der Waals surface area contributed by atoms with Crippen molar-refractivity contribution >= 4 is 6.03 Å². The van der Waals surface area contributed by atoms with Gasteiger partial charge in [-0.1, -0.05) is 19.3 Å². The zero-order valence-electron chi connectivity index (χ0n) is 11.6. The molecule has 0 aromatic rings. The molecule has 1 atom stereocenters. The first kappa shape index (κ1) is 14.6. The molecule has 19 heavy (non-hydrogen) atoms. The predicted molar refractivity (Wildman–Crippen MR) is 73.0 cm³/mol. The van der Waals surface area contributed by atoms with E-state index < -0.39 is 6.10 Å². The van der Waals surface area contributed by atoms with E-state index in [-0.39, 0.29) is 12.1 Å². The number of urea groups is 1. The SMILES string of the molecule is O=C(NC[C@@H](O)C1CCCCC1)NC1CCOCC1. The van der Waals surface area contributed by atoms with E-state index in [2.05, 4.69) is 10.6 Å². The Morgan fingerprint density at radius 2 is 1.84 bits per heavy atom. The molecule has 2 rings (SSSR count).